The van der Waals surface area contributed by atoms with Gasteiger partial charge in [0.2, 0.25) is 5.88 Å². The molecule has 1 aliphatic rings. The summed E-state index contributed by atoms with van der Waals surface area (Å²) in [7, 11) is -3.73. The number of hydrogen-bond donors (Lipinski definition) is 3. The van der Waals surface area contributed by atoms with Gasteiger partial charge in [0.1, 0.15) is 11.9 Å². The number of aromatic carboxylic acids is 1. The molecule has 2 aromatic carbocycles. The number of nitrogen functional groups attached to an aromatic ring is 1. The number of benzene rings is 2. The van der Waals surface area contributed by atoms with Crippen LogP contribution in [0.4, 0.5) is 11.5 Å². The van der Waals surface area contributed by atoms with Gasteiger partial charge >= 0.3 is 13.6 Å². The molecule has 0 aliphatic carbocycles. The largest absolute Gasteiger partial charge is 0.478 e. The van der Waals surface area contributed by atoms with E-state index < -0.39 is 19.2 Å². The van der Waals surface area contributed by atoms with E-state index in [0.29, 0.717) is 28.9 Å². The van der Waals surface area contributed by atoms with E-state index in [1.807, 2.05) is 44.2 Å². The standard InChI is InChI=1S/C16H25O5P.C14H14N4O/c1-4-12(2)5-6-13(3)21-22(19,20)11-14-7-9-15(10-8-14)16(17)18;1-14(2)11(9-6-4-3-5-7-9)18-10-12(15)16-8-17-13(10)19-14/h7-10,12-13H,4-6,11H2,1-3H3,(H,17,18)(H,19,20);3-8H,1-2H3,(H2,15,16,17)/t12?,13-;/m1./s1. The zero-order valence-corrected chi connectivity index (χ0v) is 25.0. The Hall–Kier alpha value is -3.59. The number of aliphatic imine (C=N–C) groups is 1. The van der Waals surface area contributed by atoms with Gasteiger partial charge in [0.25, 0.3) is 0 Å². The third-order valence-corrected chi connectivity index (χ3v) is 8.15. The molecular formula is C30H39N4O6P. The van der Waals surface area contributed by atoms with E-state index in [-0.39, 0.29) is 17.8 Å². The molecule has 4 N–H and O–H groups in total. The van der Waals surface area contributed by atoms with Crippen LogP contribution in [0.3, 0.4) is 0 Å². The Bertz CT molecular complexity index is 1400. The number of rotatable bonds is 10. The summed E-state index contributed by atoms with van der Waals surface area (Å²) >= 11 is 0. The number of hydrogen-bond acceptors (Lipinski definition) is 8. The molecular weight excluding hydrogens is 543 g/mol. The summed E-state index contributed by atoms with van der Waals surface area (Å²) in [5.74, 6) is 0.312. The zero-order valence-electron chi connectivity index (χ0n) is 24.2. The highest BCUT2D eigenvalue weighted by Crippen LogP contribution is 2.47. The third kappa shape index (κ3) is 9.21. The van der Waals surface area contributed by atoms with Crippen molar-refractivity contribution in [3.63, 3.8) is 0 Å². The van der Waals surface area contributed by atoms with Crippen LogP contribution in [-0.2, 0) is 15.3 Å². The van der Waals surface area contributed by atoms with Gasteiger partial charge in [-0.05, 0) is 57.2 Å². The minimum absolute atomic E-state index is 0.111. The molecule has 0 saturated heterocycles. The van der Waals surface area contributed by atoms with Crippen molar-refractivity contribution >= 4 is 30.8 Å². The first-order valence-corrected chi connectivity index (χ1v) is 15.3. The average molecular weight is 583 g/mol. The topological polar surface area (TPSA) is 157 Å². The van der Waals surface area contributed by atoms with Crippen molar-refractivity contribution in [2.45, 2.75) is 71.7 Å². The highest BCUT2D eigenvalue weighted by atomic mass is 31.2. The van der Waals surface area contributed by atoms with Gasteiger partial charge < -0.3 is 25.0 Å². The Morgan fingerprint density at radius 3 is 2.34 bits per heavy atom. The number of ether oxygens (including phenoxy) is 1. The number of carbonyl (C=O) groups is 1. The summed E-state index contributed by atoms with van der Waals surface area (Å²) in [6.45, 7) is 9.99. The fraction of sp³-hybridized carbons (Fsp3) is 0.400. The second-order valence-corrected chi connectivity index (χ2v) is 12.5. The van der Waals surface area contributed by atoms with Crippen LogP contribution in [0.2, 0.25) is 0 Å². The van der Waals surface area contributed by atoms with E-state index in [2.05, 4.69) is 28.8 Å². The molecule has 0 radical (unpaired) electrons. The van der Waals surface area contributed by atoms with Crippen molar-refractivity contribution in [2.24, 2.45) is 10.9 Å². The molecule has 4 rings (SSSR count). The molecule has 0 spiro atoms. The number of nitrogens with zero attached hydrogens (tertiary/aromatic N) is 3. The summed E-state index contributed by atoms with van der Waals surface area (Å²) in [6, 6.07) is 15.8. The van der Waals surface area contributed by atoms with E-state index in [0.717, 1.165) is 30.5 Å². The van der Waals surface area contributed by atoms with Crippen molar-refractivity contribution in [2.75, 3.05) is 5.73 Å². The first-order valence-electron chi connectivity index (χ1n) is 13.6. The fourth-order valence-corrected chi connectivity index (χ4v) is 5.59. The van der Waals surface area contributed by atoms with E-state index in [1.54, 1.807) is 19.1 Å². The molecule has 3 atom stereocenters. The van der Waals surface area contributed by atoms with Crippen molar-refractivity contribution < 1.29 is 28.6 Å². The number of nitrogens with two attached hydrogens (primary N) is 1. The van der Waals surface area contributed by atoms with Gasteiger partial charge in [-0.25, -0.2) is 14.8 Å². The average Bonchev–Trinajstić information content (AvgIpc) is 2.91. The Balaban J connectivity index is 0.000000227. The lowest BCUT2D eigenvalue weighted by Crippen LogP contribution is -2.41. The lowest BCUT2D eigenvalue weighted by molar-refractivity contribution is 0.0696. The summed E-state index contributed by atoms with van der Waals surface area (Å²) in [5.41, 5.74) is 8.34. The second-order valence-electron chi connectivity index (χ2n) is 10.7. The maximum atomic E-state index is 12.1. The molecule has 41 heavy (non-hydrogen) atoms. The lowest BCUT2D eigenvalue weighted by atomic mass is 9.94. The van der Waals surface area contributed by atoms with Gasteiger partial charge in [-0.3, -0.25) is 4.57 Å². The summed E-state index contributed by atoms with van der Waals surface area (Å²) < 4.78 is 23.4. The van der Waals surface area contributed by atoms with Gasteiger partial charge in [0.05, 0.1) is 23.5 Å². The predicted molar refractivity (Wildman–Crippen MR) is 160 cm³/mol. The van der Waals surface area contributed by atoms with Crippen LogP contribution in [0.25, 0.3) is 0 Å². The molecule has 0 bridgehead atoms. The Morgan fingerprint density at radius 2 is 1.73 bits per heavy atom. The number of fused-ring (bicyclic) bond motifs is 1. The number of carboxylic acids is 1. The molecule has 0 amide bonds. The van der Waals surface area contributed by atoms with Gasteiger partial charge in [0.15, 0.2) is 11.5 Å². The minimum atomic E-state index is -3.73. The van der Waals surface area contributed by atoms with Crippen molar-refractivity contribution in [3.05, 3.63) is 77.6 Å². The van der Waals surface area contributed by atoms with Crippen LogP contribution in [0, 0.1) is 5.92 Å². The smallest absolute Gasteiger partial charge is 0.335 e. The van der Waals surface area contributed by atoms with Crippen LogP contribution in [0.1, 0.15) is 75.4 Å². The maximum absolute atomic E-state index is 12.1. The normalized spacial score (nSPS) is 16.5. The van der Waals surface area contributed by atoms with Crippen molar-refractivity contribution in [3.8, 4) is 5.88 Å². The third-order valence-electron chi connectivity index (χ3n) is 6.70. The van der Waals surface area contributed by atoms with E-state index >= 15 is 0 Å². The lowest BCUT2D eigenvalue weighted by Gasteiger charge is -2.32. The zero-order chi connectivity index (χ0) is 30.2. The Morgan fingerprint density at radius 1 is 1.07 bits per heavy atom. The summed E-state index contributed by atoms with van der Waals surface area (Å²) in [5, 5.41) is 8.82. The summed E-state index contributed by atoms with van der Waals surface area (Å²) in [6.07, 6.45) is 3.79. The van der Waals surface area contributed by atoms with E-state index in [9.17, 15) is 14.3 Å². The molecule has 3 aromatic rings. The second kappa shape index (κ2) is 13.9. The number of aromatic nitrogens is 2. The number of anilines is 1. The van der Waals surface area contributed by atoms with E-state index in [4.69, 9.17) is 20.1 Å². The first-order chi connectivity index (χ1) is 19.3. The molecule has 220 valence electrons. The molecule has 10 nitrogen and oxygen atoms in total. The van der Waals surface area contributed by atoms with Crippen LogP contribution < -0.4 is 10.5 Å². The van der Waals surface area contributed by atoms with Crippen LogP contribution in [0.5, 0.6) is 5.88 Å². The molecule has 0 fully saturated rings. The Labute approximate surface area is 241 Å². The van der Waals surface area contributed by atoms with Crippen LogP contribution >= 0.6 is 7.60 Å². The Kier molecular flexibility index (Phi) is 10.8. The fourth-order valence-electron chi connectivity index (χ4n) is 4.18. The summed E-state index contributed by atoms with van der Waals surface area (Å²) in [4.78, 5) is 33.4. The highest BCUT2D eigenvalue weighted by Gasteiger charge is 2.35. The van der Waals surface area contributed by atoms with Crippen LogP contribution in [0.15, 0.2) is 65.9 Å². The van der Waals surface area contributed by atoms with Gasteiger partial charge in [-0.1, -0.05) is 62.7 Å². The van der Waals surface area contributed by atoms with Crippen molar-refractivity contribution in [1.29, 1.82) is 0 Å². The van der Waals surface area contributed by atoms with Crippen molar-refractivity contribution in [1.82, 2.24) is 9.97 Å². The highest BCUT2D eigenvalue weighted by molar-refractivity contribution is 7.52. The van der Waals surface area contributed by atoms with Gasteiger partial charge in [0, 0.05) is 5.56 Å². The predicted octanol–water partition coefficient (Wildman–Crippen LogP) is 6.65. The SMILES string of the molecule is CC1(C)Oc2ncnc(N)c2N=C1c1ccccc1.CCC(C)CC[C@@H](C)OP(=O)(O)Cc1ccc(C(=O)O)cc1. The van der Waals surface area contributed by atoms with E-state index in [1.165, 1.54) is 18.5 Å². The first kappa shape index (κ1) is 31.9. The monoisotopic (exact) mass is 582 g/mol. The van der Waals surface area contributed by atoms with Gasteiger partial charge in [-0.2, -0.15) is 4.98 Å². The minimum Gasteiger partial charge on any atom is -0.478 e. The molecule has 1 aromatic heterocycles. The van der Waals surface area contributed by atoms with Gasteiger partial charge in [-0.15, -0.1) is 0 Å². The quantitative estimate of drug-likeness (QED) is 0.223. The molecule has 0 saturated carbocycles. The molecule has 2 unspecified atom stereocenters. The van der Waals surface area contributed by atoms with Crippen LogP contribution in [-0.4, -0.2) is 43.4 Å². The number of carboxylic acid groups (broad SMARTS) is 1. The molecule has 2 heterocycles. The molecule has 1 aliphatic heterocycles. The maximum Gasteiger partial charge on any atom is 0.335 e. The molecule has 11 heteroatoms.